The van der Waals surface area contributed by atoms with Gasteiger partial charge in [0.15, 0.2) is 0 Å². The zero-order valence-corrected chi connectivity index (χ0v) is 14.4. The molecule has 4 nitrogen and oxygen atoms in total. The first-order valence-corrected chi connectivity index (χ1v) is 8.64. The van der Waals surface area contributed by atoms with E-state index >= 15 is 0 Å². The maximum Gasteiger partial charge on any atom is 0.255 e. The SMILES string of the molecule is O=C1CN(C(=O)c2ccccc2)[C@@H](c2ccccc2)c2cc(F)ccc2N1. The Hall–Kier alpha value is -3.47. The van der Waals surface area contributed by atoms with Gasteiger partial charge < -0.3 is 10.2 Å². The zero-order chi connectivity index (χ0) is 18.8. The minimum atomic E-state index is -0.580. The van der Waals surface area contributed by atoms with E-state index in [0.717, 1.165) is 5.56 Å². The van der Waals surface area contributed by atoms with Gasteiger partial charge in [-0.25, -0.2) is 4.39 Å². The smallest absolute Gasteiger partial charge is 0.255 e. The molecule has 4 rings (SSSR count). The van der Waals surface area contributed by atoms with Gasteiger partial charge in [-0.05, 0) is 35.9 Å². The van der Waals surface area contributed by atoms with Crippen molar-refractivity contribution < 1.29 is 14.0 Å². The molecule has 3 aromatic carbocycles. The van der Waals surface area contributed by atoms with E-state index in [-0.39, 0.29) is 18.4 Å². The highest BCUT2D eigenvalue weighted by molar-refractivity contribution is 6.01. The first-order valence-electron chi connectivity index (χ1n) is 8.64. The Morgan fingerprint density at radius 1 is 0.963 bits per heavy atom. The van der Waals surface area contributed by atoms with Gasteiger partial charge in [0.05, 0.1) is 6.04 Å². The Morgan fingerprint density at radius 2 is 1.63 bits per heavy atom. The fraction of sp³-hybridized carbons (Fsp3) is 0.0909. The third-order valence-electron chi connectivity index (χ3n) is 4.60. The van der Waals surface area contributed by atoms with Crippen molar-refractivity contribution in [3.05, 3.63) is 101 Å². The van der Waals surface area contributed by atoms with Gasteiger partial charge in [-0.15, -0.1) is 0 Å². The van der Waals surface area contributed by atoms with Crippen molar-refractivity contribution in [2.45, 2.75) is 6.04 Å². The minimum absolute atomic E-state index is 0.121. The molecule has 1 N–H and O–H groups in total. The molecule has 0 aromatic heterocycles. The highest BCUT2D eigenvalue weighted by atomic mass is 19.1. The van der Waals surface area contributed by atoms with Gasteiger partial charge in [0, 0.05) is 16.8 Å². The fourth-order valence-electron chi connectivity index (χ4n) is 3.41. The number of amides is 2. The highest BCUT2D eigenvalue weighted by Crippen LogP contribution is 2.36. The van der Waals surface area contributed by atoms with E-state index in [4.69, 9.17) is 0 Å². The van der Waals surface area contributed by atoms with Gasteiger partial charge in [-0.1, -0.05) is 48.5 Å². The number of rotatable bonds is 2. The maximum atomic E-state index is 14.0. The van der Waals surface area contributed by atoms with Gasteiger partial charge in [-0.3, -0.25) is 9.59 Å². The Labute approximate surface area is 156 Å². The monoisotopic (exact) mass is 360 g/mol. The van der Waals surface area contributed by atoms with Crippen LogP contribution in [0.25, 0.3) is 0 Å². The predicted octanol–water partition coefficient (Wildman–Crippen LogP) is 4.01. The van der Waals surface area contributed by atoms with Crippen LogP contribution >= 0.6 is 0 Å². The summed E-state index contributed by atoms with van der Waals surface area (Å²) in [6.07, 6.45) is 0. The quantitative estimate of drug-likeness (QED) is 0.751. The van der Waals surface area contributed by atoms with E-state index in [1.165, 1.54) is 23.1 Å². The largest absolute Gasteiger partial charge is 0.324 e. The van der Waals surface area contributed by atoms with E-state index < -0.39 is 11.9 Å². The first-order chi connectivity index (χ1) is 13.1. The summed E-state index contributed by atoms with van der Waals surface area (Å²) in [6, 6.07) is 21.8. The van der Waals surface area contributed by atoms with Gasteiger partial charge in [0.25, 0.3) is 5.91 Å². The van der Waals surface area contributed by atoms with Crippen LogP contribution in [0.5, 0.6) is 0 Å². The van der Waals surface area contributed by atoms with Gasteiger partial charge in [0.2, 0.25) is 5.91 Å². The third kappa shape index (κ3) is 3.31. The van der Waals surface area contributed by atoms with Crippen molar-refractivity contribution in [3.63, 3.8) is 0 Å². The molecule has 1 heterocycles. The van der Waals surface area contributed by atoms with Crippen LogP contribution in [0.1, 0.15) is 27.5 Å². The summed E-state index contributed by atoms with van der Waals surface area (Å²) in [5.74, 6) is -1.01. The van der Waals surface area contributed by atoms with Crippen LogP contribution in [0.3, 0.4) is 0 Å². The number of carbonyl (C=O) groups is 2. The number of carbonyl (C=O) groups excluding carboxylic acids is 2. The summed E-state index contributed by atoms with van der Waals surface area (Å²) in [5.41, 5.74) is 2.35. The summed E-state index contributed by atoms with van der Waals surface area (Å²) in [5, 5.41) is 2.79. The van der Waals surface area contributed by atoms with Crippen molar-refractivity contribution in [3.8, 4) is 0 Å². The average molecular weight is 360 g/mol. The molecule has 1 aliphatic heterocycles. The van der Waals surface area contributed by atoms with E-state index in [9.17, 15) is 14.0 Å². The molecule has 0 aliphatic carbocycles. The molecule has 3 aromatic rings. The molecule has 0 fully saturated rings. The van der Waals surface area contributed by atoms with Crippen LogP contribution in [0.4, 0.5) is 10.1 Å². The number of nitrogens with one attached hydrogen (secondary N) is 1. The van der Waals surface area contributed by atoms with Crippen LogP contribution in [0, 0.1) is 5.82 Å². The number of benzene rings is 3. The number of halogens is 1. The van der Waals surface area contributed by atoms with E-state index in [1.807, 2.05) is 36.4 Å². The van der Waals surface area contributed by atoms with Crippen LogP contribution in [0.2, 0.25) is 0 Å². The predicted molar refractivity (Wildman–Crippen MR) is 101 cm³/mol. The van der Waals surface area contributed by atoms with Gasteiger partial charge in [-0.2, -0.15) is 0 Å². The second-order valence-electron chi connectivity index (χ2n) is 6.39. The number of anilines is 1. The van der Waals surface area contributed by atoms with E-state index in [2.05, 4.69) is 5.32 Å². The summed E-state index contributed by atoms with van der Waals surface area (Å²) >= 11 is 0. The lowest BCUT2D eigenvalue weighted by Crippen LogP contribution is -2.39. The maximum absolute atomic E-state index is 14.0. The zero-order valence-electron chi connectivity index (χ0n) is 14.4. The molecule has 5 heteroatoms. The standard InChI is InChI=1S/C22H17FN2O2/c23-17-11-12-19-18(13-17)21(15-7-3-1-4-8-15)25(14-20(26)24-19)22(27)16-9-5-2-6-10-16/h1-13,21H,14H2,(H,24,26)/t21-/m0/s1. The van der Waals surface area contributed by atoms with Gasteiger partial charge >= 0.3 is 0 Å². The summed E-state index contributed by atoms with van der Waals surface area (Å²) in [6.45, 7) is -0.121. The Morgan fingerprint density at radius 3 is 2.33 bits per heavy atom. The molecule has 134 valence electrons. The molecular formula is C22H17FN2O2. The van der Waals surface area contributed by atoms with Crippen LogP contribution < -0.4 is 5.32 Å². The number of hydrogen-bond donors (Lipinski definition) is 1. The topological polar surface area (TPSA) is 49.4 Å². The summed E-state index contributed by atoms with van der Waals surface area (Å²) in [7, 11) is 0. The molecule has 2 amide bonds. The lowest BCUT2D eigenvalue weighted by molar-refractivity contribution is -0.117. The molecule has 1 atom stereocenters. The molecule has 1 aliphatic rings. The fourth-order valence-corrected chi connectivity index (χ4v) is 3.41. The van der Waals surface area contributed by atoms with Crippen LogP contribution in [-0.4, -0.2) is 23.3 Å². The highest BCUT2D eigenvalue weighted by Gasteiger charge is 2.34. The minimum Gasteiger partial charge on any atom is -0.324 e. The molecule has 0 saturated carbocycles. The van der Waals surface area contributed by atoms with Crippen molar-refractivity contribution in [2.24, 2.45) is 0 Å². The van der Waals surface area contributed by atoms with Crippen LogP contribution in [0.15, 0.2) is 78.9 Å². The third-order valence-corrected chi connectivity index (χ3v) is 4.60. The Bertz CT molecular complexity index is 990. The number of nitrogens with zero attached hydrogens (tertiary/aromatic N) is 1. The van der Waals surface area contributed by atoms with Crippen LogP contribution in [-0.2, 0) is 4.79 Å². The molecule has 0 spiro atoms. The van der Waals surface area contributed by atoms with Gasteiger partial charge in [0.1, 0.15) is 12.4 Å². The number of fused-ring (bicyclic) bond motifs is 1. The molecule has 0 bridgehead atoms. The Kier molecular flexibility index (Phi) is 4.42. The average Bonchev–Trinajstić information content (AvgIpc) is 2.84. The summed E-state index contributed by atoms with van der Waals surface area (Å²) in [4.78, 5) is 27.2. The second kappa shape index (κ2) is 7.03. The van der Waals surface area contributed by atoms with Crippen molar-refractivity contribution in [2.75, 3.05) is 11.9 Å². The van der Waals surface area contributed by atoms with E-state index in [1.54, 1.807) is 24.3 Å². The molecular weight excluding hydrogens is 343 g/mol. The lowest BCUT2D eigenvalue weighted by Gasteiger charge is -2.30. The second-order valence-corrected chi connectivity index (χ2v) is 6.39. The lowest BCUT2D eigenvalue weighted by atomic mass is 9.95. The summed E-state index contributed by atoms with van der Waals surface area (Å²) < 4.78 is 14.0. The Balaban J connectivity index is 1.90. The molecule has 0 radical (unpaired) electrons. The van der Waals surface area contributed by atoms with Crippen molar-refractivity contribution >= 4 is 17.5 Å². The normalized spacial score (nSPS) is 16.3. The molecule has 0 saturated heterocycles. The van der Waals surface area contributed by atoms with Crippen molar-refractivity contribution in [1.82, 2.24) is 4.90 Å². The molecule has 27 heavy (non-hydrogen) atoms. The van der Waals surface area contributed by atoms with E-state index in [0.29, 0.717) is 16.8 Å². The first kappa shape index (κ1) is 17.0. The number of hydrogen-bond acceptors (Lipinski definition) is 2. The molecule has 0 unspecified atom stereocenters. The van der Waals surface area contributed by atoms with Crippen molar-refractivity contribution in [1.29, 1.82) is 0 Å².